The Morgan fingerprint density at radius 2 is 1.60 bits per heavy atom. The third-order valence-electron chi connectivity index (χ3n) is 13.9. The third kappa shape index (κ3) is 7.80. The summed E-state index contributed by atoms with van der Waals surface area (Å²) >= 11 is 6.26. The van der Waals surface area contributed by atoms with E-state index < -0.39 is 23.6 Å². The Balaban J connectivity index is 0.769. The van der Waals surface area contributed by atoms with Gasteiger partial charge >= 0.3 is 0 Å². The molecule has 2 aromatic carbocycles. The first-order chi connectivity index (χ1) is 28.6. The average molecular weight is 834 g/mol. The van der Waals surface area contributed by atoms with E-state index in [-0.39, 0.29) is 64.9 Å². The molecule has 314 valence electrons. The van der Waals surface area contributed by atoms with Crippen LogP contribution < -0.4 is 14.5 Å². The zero-order valence-electron chi connectivity index (χ0n) is 34.8. The Morgan fingerprint density at radius 3 is 2.25 bits per heavy atom. The maximum absolute atomic E-state index is 13.6. The summed E-state index contributed by atoms with van der Waals surface area (Å²) in [7, 11) is 0. The number of carbonyl (C=O) groups excluding carboxylic acids is 5. The minimum Gasteiger partial charge on any atom is -0.489 e. The fraction of sp³-hybridized carbons (Fsp3) is 0.522. The number of ether oxygens (including phenoxy) is 1. The van der Waals surface area contributed by atoms with Gasteiger partial charge < -0.3 is 14.5 Å². The first-order valence-electron chi connectivity index (χ1n) is 21.2. The van der Waals surface area contributed by atoms with Gasteiger partial charge in [-0.15, -0.1) is 0 Å². The van der Waals surface area contributed by atoms with E-state index in [0.717, 1.165) is 68.1 Å². The standard InChI is InChI=1S/C46H52ClN7O6/c1-45(2)39(46(3,4)43(45)60-33-11-7-30(26-48)35(47)24-33)25-37(56)29-5-8-31(9-6-29)52-17-14-28(15-18-52)13-16-51-19-21-53(22-20-51)44-49-27-34-40(50-44)42(59)54(41(34)58)36-12-10-32(55)23-38(36)57/h5-9,11,24,27-28,36,39,43H,10,12-23,25H2,1-4H3. The molecule has 2 saturated heterocycles. The van der Waals surface area contributed by atoms with Crippen LogP contribution in [0.1, 0.15) is 109 Å². The van der Waals surface area contributed by atoms with Crippen LogP contribution in [0, 0.1) is 34.0 Å². The Labute approximate surface area is 356 Å². The summed E-state index contributed by atoms with van der Waals surface area (Å²) in [5, 5.41) is 9.59. The molecule has 5 aliphatic rings. The summed E-state index contributed by atoms with van der Waals surface area (Å²) < 4.78 is 6.42. The highest BCUT2D eigenvalue weighted by atomic mass is 35.5. The van der Waals surface area contributed by atoms with Gasteiger partial charge in [0.1, 0.15) is 29.4 Å². The second kappa shape index (κ2) is 16.3. The van der Waals surface area contributed by atoms with Crippen molar-refractivity contribution in [3.05, 3.63) is 76.1 Å². The first kappa shape index (κ1) is 41.5. The number of amides is 2. The molecule has 3 aromatic rings. The molecule has 0 N–H and O–H groups in total. The number of aromatic nitrogens is 2. The molecule has 2 amide bonds. The lowest BCUT2D eigenvalue weighted by Crippen LogP contribution is -2.66. The van der Waals surface area contributed by atoms with Crippen molar-refractivity contribution in [3.63, 3.8) is 0 Å². The van der Waals surface area contributed by atoms with Gasteiger partial charge in [0.05, 0.1) is 28.6 Å². The number of benzene rings is 2. The molecule has 2 aliphatic carbocycles. The zero-order valence-corrected chi connectivity index (χ0v) is 35.5. The summed E-state index contributed by atoms with van der Waals surface area (Å²) in [6.45, 7) is 14.7. The van der Waals surface area contributed by atoms with E-state index >= 15 is 0 Å². The van der Waals surface area contributed by atoms with E-state index in [2.05, 4.69) is 65.7 Å². The number of piperazine rings is 1. The monoisotopic (exact) mass is 833 g/mol. The highest BCUT2D eigenvalue weighted by molar-refractivity contribution is 6.31. The molecule has 3 aliphatic heterocycles. The lowest BCUT2D eigenvalue weighted by atomic mass is 9.44. The number of anilines is 2. The Bertz CT molecular complexity index is 2240. The van der Waals surface area contributed by atoms with E-state index in [4.69, 9.17) is 16.3 Å². The van der Waals surface area contributed by atoms with Crippen LogP contribution in [0.25, 0.3) is 0 Å². The Morgan fingerprint density at radius 1 is 0.900 bits per heavy atom. The van der Waals surface area contributed by atoms with Gasteiger partial charge in [-0.25, -0.2) is 9.97 Å². The molecule has 60 heavy (non-hydrogen) atoms. The number of fused-ring (bicyclic) bond motifs is 1. The van der Waals surface area contributed by atoms with Gasteiger partial charge in [-0.3, -0.25) is 33.8 Å². The van der Waals surface area contributed by atoms with Crippen LogP contribution in [0.2, 0.25) is 5.02 Å². The number of piperidine rings is 1. The van der Waals surface area contributed by atoms with Crippen LogP contribution in [0.5, 0.6) is 5.75 Å². The third-order valence-corrected chi connectivity index (χ3v) is 14.2. The molecule has 0 radical (unpaired) electrons. The van der Waals surface area contributed by atoms with E-state index in [1.54, 1.807) is 18.2 Å². The summed E-state index contributed by atoms with van der Waals surface area (Å²) in [5.74, 6) is 0.201. The molecule has 0 spiro atoms. The number of carbonyl (C=O) groups is 5. The maximum Gasteiger partial charge on any atom is 0.281 e. The number of hydrogen-bond donors (Lipinski definition) is 0. The predicted molar refractivity (Wildman–Crippen MR) is 225 cm³/mol. The molecule has 0 bridgehead atoms. The van der Waals surface area contributed by atoms with Gasteiger partial charge in [0, 0.05) is 86.5 Å². The summed E-state index contributed by atoms with van der Waals surface area (Å²) in [5.41, 5.74) is 1.94. The van der Waals surface area contributed by atoms with Crippen molar-refractivity contribution >= 4 is 52.4 Å². The topological polar surface area (TPSA) is 157 Å². The van der Waals surface area contributed by atoms with Crippen molar-refractivity contribution < 1.29 is 28.7 Å². The average Bonchev–Trinajstić information content (AvgIpc) is 3.49. The van der Waals surface area contributed by atoms with E-state index in [1.165, 1.54) is 6.20 Å². The molecule has 8 rings (SSSR count). The number of hydrogen-bond acceptors (Lipinski definition) is 12. The number of Topliss-reactive ketones (excluding diaryl/α,β-unsaturated/α-hetero) is 3. The second-order valence-electron chi connectivity index (χ2n) is 18.3. The quantitative estimate of drug-likeness (QED) is 0.119. The van der Waals surface area contributed by atoms with Gasteiger partial charge in [-0.2, -0.15) is 5.26 Å². The van der Waals surface area contributed by atoms with Crippen LogP contribution in [0.3, 0.4) is 0 Å². The first-order valence-corrected chi connectivity index (χ1v) is 21.5. The van der Waals surface area contributed by atoms with Crippen molar-refractivity contribution in [1.82, 2.24) is 19.8 Å². The smallest absolute Gasteiger partial charge is 0.281 e. The molecule has 1 aromatic heterocycles. The normalized spacial score (nSPS) is 24.3. The van der Waals surface area contributed by atoms with Gasteiger partial charge in [0.2, 0.25) is 5.95 Å². The largest absolute Gasteiger partial charge is 0.489 e. The molecule has 1 unspecified atom stereocenters. The van der Waals surface area contributed by atoms with Crippen molar-refractivity contribution in [2.75, 3.05) is 55.6 Å². The summed E-state index contributed by atoms with van der Waals surface area (Å²) in [4.78, 5) is 81.0. The minimum atomic E-state index is -0.926. The second-order valence-corrected chi connectivity index (χ2v) is 18.7. The molecule has 2 saturated carbocycles. The van der Waals surface area contributed by atoms with Crippen molar-refractivity contribution in [2.24, 2.45) is 22.7 Å². The molecule has 13 nitrogen and oxygen atoms in total. The summed E-state index contributed by atoms with van der Waals surface area (Å²) in [6.07, 6.45) is 5.13. The molecule has 4 fully saturated rings. The van der Waals surface area contributed by atoms with E-state index in [0.29, 0.717) is 47.7 Å². The number of rotatable bonds is 11. The van der Waals surface area contributed by atoms with Crippen LogP contribution in [0.4, 0.5) is 11.6 Å². The fourth-order valence-electron chi connectivity index (χ4n) is 10.6. The Kier molecular flexibility index (Phi) is 11.3. The Hall–Kier alpha value is -5.19. The van der Waals surface area contributed by atoms with Crippen molar-refractivity contribution in [1.29, 1.82) is 5.26 Å². The minimum absolute atomic E-state index is 0.0275. The zero-order chi connectivity index (χ0) is 42.5. The van der Waals surface area contributed by atoms with Gasteiger partial charge in [0.25, 0.3) is 11.8 Å². The highest BCUT2D eigenvalue weighted by Crippen LogP contribution is 2.61. The van der Waals surface area contributed by atoms with Crippen LogP contribution in [0.15, 0.2) is 48.7 Å². The van der Waals surface area contributed by atoms with E-state index in [1.807, 2.05) is 17.0 Å². The van der Waals surface area contributed by atoms with Crippen molar-refractivity contribution in [3.8, 4) is 11.8 Å². The molecular weight excluding hydrogens is 782 g/mol. The van der Waals surface area contributed by atoms with Crippen molar-refractivity contribution in [2.45, 2.75) is 84.8 Å². The lowest BCUT2D eigenvalue weighted by Gasteiger charge is -2.63. The number of nitriles is 1. The molecule has 1 atom stereocenters. The molecule has 4 heterocycles. The summed E-state index contributed by atoms with van der Waals surface area (Å²) in [6, 6.07) is 14.4. The van der Waals surface area contributed by atoms with Gasteiger partial charge in [-0.1, -0.05) is 39.3 Å². The number of imide groups is 1. The predicted octanol–water partition coefficient (Wildman–Crippen LogP) is 6.42. The lowest BCUT2D eigenvalue weighted by molar-refractivity contribution is -0.196. The molecule has 14 heteroatoms. The number of ketones is 3. The van der Waals surface area contributed by atoms with Gasteiger partial charge in [0.15, 0.2) is 11.6 Å². The number of halogens is 1. The van der Waals surface area contributed by atoms with Crippen LogP contribution >= 0.6 is 11.6 Å². The molecular formula is C46H52ClN7O6. The van der Waals surface area contributed by atoms with E-state index in [9.17, 15) is 29.2 Å². The fourth-order valence-corrected chi connectivity index (χ4v) is 10.8. The number of nitrogens with zero attached hydrogens (tertiary/aromatic N) is 7. The highest BCUT2D eigenvalue weighted by Gasteiger charge is 2.63. The van der Waals surface area contributed by atoms with Crippen LogP contribution in [-0.4, -0.2) is 107 Å². The SMILES string of the molecule is CC1(C)C(CC(=O)c2ccc(N3CCC(CCN4CCN(c5ncc6c(n5)C(=O)N(C5CCC(=O)CC5=O)C6=O)CC4)CC3)cc2)C(C)(C)C1Oc1ccc(C#N)c(Cl)c1. The van der Waals surface area contributed by atoms with Gasteiger partial charge in [-0.05, 0) is 80.5 Å². The van der Waals surface area contributed by atoms with Crippen LogP contribution in [-0.2, 0) is 9.59 Å². The maximum atomic E-state index is 13.6.